The van der Waals surface area contributed by atoms with Gasteiger partial charge in [0.15, 0.2) is 8.32 Å². The van der Waals surface area contributed by atoms with E-state index >= 15 is 0 Å². The highest BCUT2D eigenvalue weighted by atomic mass is 32.1. The van der Waals surface area contributed by atoms with Crippen molar-refractivity contribution in [1.29, 1.82) is 0 Å². The van der Waals surface area contributed by atoms with Crippen molar-refractivity contribution in [3.8, 4) is 0 Å². The fourth-order valence-corrected chi connectivity index (χ4v) is 5.69. The van der Waals surface area contributed by atoms with Crippen LogP contribution in [0.3, 0.4) is 0 Å². The van der Waals surface area contributed by atoms with E-state index in [4.69, 9.17) is 4.43 Å². The predicted molar refractivity (Wildman–Crippen MR) is 134 cm³/mol. The molecule has 0 spiro atoms. The number of fused-ring (bicyclic) bond motifs is 1. The van der Waals surface area contributed by atoms with E-state index in [0.717, 1.165) is 16.0 Å². The average molecular weight is 475 g/mol. The third-order valence-corrected chi connectivity index (χ3v) is 12.4. The van der Waals surface area contributed by atoms with Crippen molar-refractivity contribution in [2.45, 2.75) is 71.9 Å². The second kappa shape index (κ2) is 9.47. The minimum Gasteiger partial charge on any atom is -0.415 e. The molecule has 3 rings (SSSR count). The number of nitrogens with zero attached hydrogens (tertiary/aromatic N) is 2. The van der Waals surface area contributed by atoms with Crippen LogP contribution in [0.25, 0.3) is 10.2 Å². The highest BCUT2D eigenvalue weighted by molar-refractivity contribution is 7.18. The van der Waals surface area contributed by atoms with Crippen molar-refractivity contribution < 1.29 is 9.53 Å². The maximum Gasteiger partial charge on any atom is 0.332 e. The molecule has 0 saturated carbocycles. The third kappa shape index (κ3) is 4.83. The van der Waals surface area contributed by atoms with Gasteiger partial charge in [0.05, 0.1) is 25.1 Å². The van der Waals surface area contributed by atoms with E-state index in [0.29, 0.717) is 29.8 Å². The molecule has 2 aromatic heterocycles. The van der Waals surface area contributed by atoms with Crippen LogP contribution >= 0.6 is 11.3 Å². The number of aryl methyl sites for hydroxylation is 3. The van der Waals surface area contributed by atoms with Gasteiger partial charge in [-0.2, -0.15) is 0 Å². The van der Waals surface area contributed by atoms with Crippen molar-refractivity contribution in [3.63, 3.8) is 0 Å². The Morgan fingerprint density at radius 3 is 2.31 bits per heavy atom. The topological polar surface area (TPSA) is 73.5 Å². The molecule has 1 aromatic carbocycles. The normalized spacial score (nSPS) is 12.6. The van der Waals surface area contributed by atoms with E-state index in [1.165, 1.54) is 15.9 Å². The quantitative estimate of drug-likeness (QED) is 0.494. The number of aliphatic hydroxyl groups excluding tert-OH is 1. The van der Waals surface area contributed by atoms with Gasteiger partial charge in [-0.05, 0) is 42.6 Å². The standard InChI is InChI=1S/C24H34N2O4SSi/c1-17-19(16-27)31-22-20(17)21(28)25(14-15-30-32(5,6)24(2,3)4)23(29)26(22)13-12-18-10-8-7-9-11-18/h7-11,27H,12-16H2,1-6H3. The number of rotatable bonds is 8. The van der Waals surface area contributed by atoms with Gasteiger partial charge in [0.25, 0.3) is 5.56 Å². The Balaban J connectivity index is 2.01. The van der Waals surface area contributed by atoms with Gasteiger partial charge in [-0.1, -0.05) is 51.1 Å². The van der Waals surface area contributed by atoms with Gasteiger partial charge >= 0.3 is 5.69 Å². The first-order valence-electron chi connectivity index (χ1n) is 11.0. The maximum atomic E-state index is 13.4. The Morgan fingerprint density at radius 1 is 1.06 bits per heavy atom. The summed E-state index contributed by atoms with van der Waals surface area (Å²) in [6.07, 6.45) is 0.680. The largest absolute Gasteiger partial charge is 0.415 e. The average Bonchev–Trinajstić information content (AvgIpc) is 3.06. The van der Waals surface area contributed by atoms with E-state index in [-0.39, 0.29) is 29.4 Å². The van der Waals surface area contributed by atoms with Crippen LogP contribution < -0.4 is 11.2 Å². The lowest BCUT2D eigenvalue weighted by molar-refractivity contribution is 0.267. The molecule has 32 heavy (non-hydrogen) atoms. The van der Waals surface area contributed by atoms with Crippen molar-refractivity contribution >= 4 is 29.9 Å². The molecule has 1 N–H and O–H groups in total. The number of aliphatic hydroxyl groups is 1. The van der Waals surface area contributed by atoms with Gasteiger partial charge < -0.3 is 9.53 Å². The number of aromatic nitrogens is 2. The van der Waals surface area contributed by atoms with E-state index in [1.807, 2.05) is 37.3 Å². The van der Waals surface area contributed by atoms with Crippen molar-refractivity contribution in [3.05, 3.63) is 67.2 Å². The Hall–Kier alpha value is -2.00. The number of thiophene rings is 1. The number of hydrogen-bond donors (Lipinski definition) is 1. The monoisotopic (exact) mass is 474 g/mol. The molecule has 6 nitrogen and oxygen atoms in total. The molecule has 0 aliphatic carbocycles. The van der Waals surface area contributed by atoms with E-state index in [1.54, 1.807) is 4.57 Å². The van der Waals surface area contributed by atoms with Gasteiger partial charge in [-0.25, -0.2) is 4.79 Å². The van der Waals surface area contributed by atoms with E-state index in [9.17, 15) is 14.7 Å². The SMILES string of the molecule is Cc1c(CO)sc2c1c(=O)n(CCO[Si](C)(C)C(C)(C)C)c(=O)n2CCc1ccccc1. The van der Waals surface area contributed by atoms with Gasteiger partial charge in [0.2, 0.25) is 0 Å². The highest BCUT2D eigenvalue weighted by Crippen LogP contribution is 2.36. The Kier molecular flexibility index (Phi) is 7.29. The number of benzene rings is 1. The zero-order valence-electron chi connectivity index (χ0n) is 19.9. The second-order valence-corrected chi connectivity index (χ2v) is 15.6. The summed E-state index contributed by atoms with van der Waals surface area (Å²) in [5.74, 6) is 0. The first-order chi connectivity index (χ1) is 15.0. The molecule has 0 bridgehead atoms. The maximum absolute atomic E-state index is 13.4. The number of hydrogen-bond acceptors (Lipinski definition) is 5. The molecule has 0 saturated heterocycles. The second-order valence-electron chi connectivity index (χ2n) is 9.72. The molecule has 0 fully saturated rings. The van der Waals surface area contributed by atoms with Crippen LogP contribution in [0, 0.1) is 6.92 Å². The molecule has 0 aliphatic heterocycles. The molecule has 2 heterocycles. The summed E-state index contributed by atoms with van der Waals surface area (Å²) in [5.41, 5.74) is 1.27. The molecular weight excluding hydrogens is 440 g/mol. The van der Waals surface area contributed by atoms with Crippen molar-refractivity contribution in [2.24, 2.45) is 0 Å². The summed E-state index contributed by atoms with van der Waals surface area (Å²) in [6, 6.07) is 9.98. The summed E-state index contributed by atoms with van der Waals surface area (Å²) in [6.45, 7) is 13.5. The van der Waals surface area contributed by atoms with Crippen LogP contribution in [0.4, 0.5) is 0 Å². The van der Waals surface area contributed by atoms with Crippen LogP contribution in [0.2, 0.25) is 18.1 Å². The molecule has 0 atom stereocenters. The molecular formula is C24H34N2O4SSi. The van der Waals surface area contributed by atoms with E-state index in [2.05, 4.69) is 33.9 Å². The summed E-state index contributed by atoms with van der Waals surface area (Å²) in [7, 11) is -1.99. The van der Waals surface area contributed by atoms with Gasteiger partial charge in [-0.3, -0.25) is 13.9 Å². The van der Waals surface area contributed by atoms with Crippen LogP contribution in [0.1, 0.15) is 36.8 Å². The smallest absolute Gasteiger partial charge is 0.332 e. The molecule has 0 aliphatic rings. The van der Waals surface area contributed by atoms with Crippen LogP contribution in [-0.2, 0) is 30.5 Å². The fourth-order valence-electron chi connectivity index (χ4n) is 3.48. The van der Waals surface area contributed by atoms with Gasteiger partial charge in [0, 0.05) is 11.4 Å². The molecule has 3 aromatic rings. The molecule has 0 radical (unpaired) electrons. The zero-order chi connectivity index (χ0) is 23.7. The fraction of sp³-hybridized carbons (Fsp3) is 0.500. The van der Waals surface area contributed by atoms with Crippen molar-refractivity contribution in [1.82, 2.24) is 9.13 Å². The lowest BCUT2D eigenvalue weighted by Gasteiger charge is -2.36. The lowest BCUT2D eigenvalue weighted by Crippen LogP contribution is -2.44. The van der Waals surface area contributed by atoms with Crippen LogP contribution in [-0.4, -0.2) is 29.2 Å². The molecule has 0 unspecified atom stereocenters. The first-order valence-corrected chi connectivity index (χ1v) is 14.7. The van der Waals surface area contributed by atoms with Gasteiger partial charge in [-0.15, -0.1) is 11.3 Å². The first kappa shape index (κ1) is 24.6. The summed E-state index contributed by atoms with van der Waals surface area (Å²) >= 11 is 1.33. The van der Waals surface area contributed by atoms with Gasteiger partial charge in [0.1, 0.15) is 4.83 Å². The zero-order valence-corrected chi connectivity index (χ0v) is 21.7. The van der Waals surface area contributed by atoms with Crippen LogP contribution in [0.15, 0.2) is 39.9 Å². The minimum absolute atomic E-state index is 0.0534. The Bertz CT molecular complexity index is 1200. The third-order valence-electron chi connectivity index (χ3n) is 6.59. The highest BCUT2D eigenvalue weighted by Gasteiger charge is 2.37. The van der Waals surface area contributed by atoms with Crippen LogP contribution in [0.5, 0.6) is 0 Å². The lowest BCUT2D eigenvalue weighted by atomic mass is 10.1. The molecule has 0 amide bonds. The minimum atomic E-state index is -1.99. The summed E-state index contributed by atoms with van der Waals surface area (Å²) in [5, 5.41) is 10.3. The summed E-state index contributed by atoms with van der Waals surface area (Å²) in [4.78, 5) is 28.1. The van der Waals surface area contributed by atoms with Crippen molar-refractivity contribution in [2.75, 3.05) is 6.61 Å². The van der Waals surface area contributed by atoms with E-state index < -0.39 is 8.32 Å². The Morgan fingerprint density at radius 2 is 1.72 bits per heavy atom. The summed E-state index contributed by atoms with van der Waals surface area (Å²) < 4.78 is 9.23. The molecule has 8 heteroatoms. The molecule has 174 valence electrons. The predicted octanol–water partition coefficient (Wildman–Crippen LogP) is 4.29. The Labute approximate surface area is 194 Å².